The van der Waals surface area contributed by atoms with Gasteiger partial charge in [-0.25, -0.2) is 4.79 Å². The zero-order chi connectivity index (χ0) is 23.4. The van der Waals surface area contributed by atoms with Crippen molar-refractivity contribution < 1.29 is 14.3 Å². The highest BCUT2D eigenvalue weighted by Gasteiger charge is 2.45. The molecule has 6 heteroatoms. The van der Waals surface area contributed by atoms with Crippen LogP contribution >= 0.6 is 0 Å². The minimum absolute atomic E-state index is 0.106. The Balaban J connectivity index is 1.61. The van der Waals surface area contributed by atoms with Gasteiger partial charge in [0, 0.05) is 25.9 Å². The molecular formula is C27H29N3O3. The van der Waals surface area contributed by atoms with E-state index in [0.717, 1.165) is 22.4 Å². The molecule has 0 radical (unpaired) electrons. The number of imide groups is 1. The normalized spacial score (nSPS) is 18.9. The van der Waals surface area contributed by atoms with Crippen molar-refractivity contribution in [1.82, 2.24) is 14.8 Å². The lowest BCUT2D eigenvalue weighted by atomic mass is 9.89. The molecule has 4 rings (SSSR count). The molecule has 6 nitrogen and oxygen atoms in total. The number of aromatic nitrogens is 1. The second-order valence-corrected chi connectivity index (χ2v) is 8.49. The average Bonchev–Trinajstić information content (AvgIpc) is 3.09. The number of benzene rings is 2. The molecule has 1 saturated heterocycles. The molecule has 0 spiro atoms. The second-order valence-electron chi connectivity index (χ2n) is 8.49. The lowest BCUT2D eigenvalue weighted by Crippen LogP contribution is -2.37. The van der Waals surface area contributed by atoms with Gasteiger partial charge in [0.1, 0.15) is 5.75 Å². The van der Waals surface area contributed by atoms with Crippen molar-refractivity contribution in [1.29, 1.82) is 0 Å². The highest BCUT2D eigenvalue weighted by atomic mass is 16.5. The van der Waals surface area contributed by atoms with Gasteiger partial charge >= 0.3 is 6.03 Å². The van der Waals surface area contributed by atoms with E-state index < -0.39 is 0 Å². The van der Waals surface area contributed by atoms with Crippen LogP contribution < -0.4 is 4.74 Å². The molecule has 1 aliphatic heterocycles. The van der Waals surface area contributed by atoms with Gasteiger partial charge in [-0.1, -0.05) is 48.5 Å². The summed E-state index contributed by atoms with van der Waals surface area (Å²) in [7, 11) is 3.40. The first kappa shape index (κ1) is 22.5. The van der Waals surface area contributed by atoms with Crippen LogP contribution in [0.15, 0.2) is 79.1 Å². The number of nitrogens with zero attached hydrogens (tertiary/aromatic N) is 3. The summed E-state index contributed by atoms with van der Waals surface area (Å²) in [5, 5.41) is 0. The van der Waals surface area contributed by atoms with Crippen LogP contribution in [-0.4, -0.2) is 46.9 Å². The molecule has 1 aromatic heterocycles. The van der Waals surface area contributed by atoms with E-state index in [2.05, 4.69) is 4.98 Å². The van der Waals surface area contributed by atoms with Crippen LogP contribution in [0.2, 0.25) is 0 Å². The fourth-order valence-electron chi connectivity index (χ4n) is 4.51. The molecule has 2 aromatic carbocycles. The van der Waals surface area contributed by atoms with E-state index in [0.29, 0.717) is 6.42 Å². The number of rotatable bonds is 7. The van der Waals surface area contributed by atoms with Gasteiger partial charge in [-0.2, -0.15) is 0 Å². The number of hydrogen-bond acceptors (Lipinski definition) is 4. The molecule has 0 aliphatic carbocycles. The van der Waals surface area contributed by atoms with E-state index in [1.54, 1.807) is 31.5 Å². The first-order chi connectivity index (χ1) is 16.0. The Kier molecular flexibility index (Phi) is 6.73. The number of ether oxygens (including phenoxy) is 1. The quantitative estimate of drug-likeness (QED) is 0.525. The number of pyridine rings is 1. The smallest absolute Gasteiger partial charge is 0.327 e. The third kappa shape index (κ3) is 4.75. The van der Waals surface area contributed by atoms with E-state index >= 15 is 0 Å². The van der Waals surface area contributed by atoms with Crippen molar-refractivity contribution in [2.24, 2.45) is 0 Å². The Hall–Kier alpha value is -3.67. The first-order valence-electron chi connectivity index (χ1n) is 11.2. The monoisotopic (exact) mass is 443 g/mol. The third-order valence-corrected chi connectivity index (χ3v) is 6.48. The summed E-state index contributed by atoms with van der Waals surface area (Å²) < 4.78 is 5.26. The molecule has 1 aliphatic rings. The SMILES string of the molecule is COc1ccc(CC(CC(=O)N2C(=O)N(C)[C@H](C)[C@@H]2c2ccccc2)c2cccnc2)cc1. The first-order valence-corrected chi connectivity index (χ1v) is 11.2. The van der Waals surface area contributed by atoms with Crippen molar-refractivity contribution in [2.45, 2.75) is 37.8 Å². The van der Waals surface area contributed by atoms with Gasteiger partial charge in [-0.3, -0.25) is 14.7 Å². The summed E-state index contributed by atoms with van der Waals surface area (Å²) in [6.45, 7) is 1.98. The highest BCUT2D eigenvalue weighted by molar-refractivity contribution is 5.97. The number of urea groups is 1. The van der Waals surface area contributed by atoms with Crippen LogP contribution in [0.25, 0.3) is 0 Å². The van der Waals surface area contributed by atoms with Crippen molar-refractivity contribution in [3.63, 3.8) is 0 Å². The molecule has 3 aromatic rings. The molecule has 170 valence electrons. The largest absolute Gasteiger partial charge is 0.497 e. The summed E-state index contributed by atoms with van der Waals surface area (Å²) >= 11 is 0. The fraction of sp³-hybridized carbons (Fsp3) is 0.296. The van der Waals surface area contributed by atoms with Crippen LogP contribution in [-0.2, 0) is 11.2 Å². The minimum Gasteiger partial charge on any atom is -0.497 e. The average molecular weight is 444 g/mol. The maximum atomic E-state index is 13.6. The number of methoxy groups -OCH3 is 1. The van der Waals surface area contributed by atoms with Crippen LogP contribution in [0.5, 0.6) is 5.75 Å². The molecule has 2 heterocycles. The van der Waals surface area contributed by atoms with Crippen LogP contribution in [0.4, 0.5) is 4.79 Å². The minimum atomic E-state index is -0.313. The Bertz CT molecular complexity index is 1090. The Morgan fingerprint density at radius 3 is 2.42 bits per heavy atom. The molecular weight excluding hydrogens is 414 g/mol. The molecule has 0 saturated carbocycles. The van der Waals surface area contributed by atoms with Crippen LogP contribution in [0.1, 0.15) is 42.0 Å². The van der Waals surface area contributed by atoms with E-state index in [9.17, 15) is 9.59 Å². The Morgan fingerprint density at radius 2 is 1.79 bits per heavy atom. The van der Waals surface area contributed by atoms with Gasteiger partial charge in [0.05, 0.1) is 19.2 Å². The van der Waals surface area contributed by atoms with Gasteiger partial charge in [-0.05, 0) is 54.2 Å². The maximum absolute atomic E-state index is 13.6. The molecule has 1 fully saturated rings. The van der Waals surface area contributed by atoms with Crippen molar-refractivity contribution in [3.05, 3.63) is 95.8 Å². The number of likely N-dealkylation sites (N-methyl/N-ethyl adjacent to an activating group) is 1. The Labute approximate surface area is 194 Å². The highest BCUT2D eigenvalue weighted by Crippen LogP contribution is 2.36. The van der Waals surface area contributed by atoms with Gasteiger partial charge in [0.2, 0.25) is 5.91 Å². The second kappa shape index (κ2) is 9.86. The summed E-state index contributed by atoms with van der Waals surface area (Å²) in [4.78, 5) is 34.1. The fourth-order valence-corrected chi connectivity index (χ4v) is 4.51. The van der Waals surface area contributed by atoms with Crippen LogP contribution in [0, 0.1) is 0 Å². The molecule has 3 atom stereocenters. The molecule has 0 bridgehead atoms. The standard InChI is InChI=1S/C27H29N3O3/c1-19-26(21-8-5-4-6-9-21)30(27(32)29(19)2)25(31)17-23(22-10-7-15-28-18-22)16-20-11-13-24(33-3)14-12-20/h4-15,18-19,23,26H,16-17H2,1-3H3/t19-,23?,26-/m1/s1. The predicted octanol–water partition coefficient (Wildman–Crippen LogP) is 4.83. The van der Waals surface area contributed by atoms with Crippen molar-refractivity contribution in [3.8, 4) is 5.75 Å². The summed E-state index contributed by atoms with van der Waals surface area (Å²) in [6.07, 6.45) is 4.40. The van der Waals surface area contributed by atoms with E-state index in [-0.39, 0.29) is 36.4 Å². The summed E-state index contributed by atoms with van der Waals surface area (Å²) in [5.41, 5.74) is 3.03. The third-order valence-electron chi connectivity index (χ3n) is 6.48. The maximum Gasteiger partial charge on any atom is 0.327 e. The molecule has 1 unspecified atom stereocenters. The lowest BCUT2D eigenvalue weighted by molar-refractivity contribution is -0.129. The number of carbonyl (C=O) groups is 2. The van der Waals surface area contributed by atoms with Gasteiger partial charge in [-0.15, -0.1) is 0 Å². The van der Waals surface area contributed by atoms with Crippen molar-refractivity contribution >= 4 is 11.9 Å². The van der Waals surface area contributed by atoms with E-state index in [1.807, 2.05) is 73.7 Å². The Morgan fingerprint density at radius 1 is 1.06 bits per heavy atom. The van der Waals surface area contributed by atoms with E-state index in [1.165, 1.54) is 4.90 Å². The zero-order valence-corrected chi connectivity index (χ0v) is 19.2. The predicted molar refractivity (Wildman–Crippen MR) is 127 cm³/mol. The molecule has 3 amide bonds. The summed E-state index contributed by atoms with van der Waals surface area (Å²) in [5.74, 6) is 0.510. The van der Waals surface area contributed by atoms with E-state index in [4.69, 9.17) is 4.74 Å². The lowest BCUT2D eigenvalue weighted by Gasteiger charge is -2.26. The number of hydrogen-bond donors (Lipinski definition) is 0. The van der Waals surface area contributed by atoms with Gasteiger partial charge in [0.25, 0.3) is 0 Å². The van der Waals surface area contributed by atoms with Gasteiger partial charge < -0.3 is 9.64 Å². The number of carbonyl (C=O) groups excluding carboxylic acids is 2. The molecule has 0 N–H and O–H groups in total. The summed E-state index contributed by atoms with van der Waals surface area (Å²) in [6, 6.07) is 20.8. The zero-order valence-electron chi connectivity index (χ0n) is 19.2. The number of amides is 3. The van der Waals surface area contributed by atoms with Crippen LogP contribution in [0.3, 0.4) is 0 Å². The molecule has 33 heavy (non-hydrogen) atoms. The van der Waals surface area contributed by atoms with Crippen molar-refractivity contribution in [2.75, 3.05) is 14.2 Å². The van der Waals surface area contributed by atoms with Gasteiger partial charge in [0.15, 0.2) is 0 Å². The topological polar surface area (TPSA) is 62.7 Å².